The van der Waals surface area contributed by atoms with Gasteiger partial charge in [0.05, 0.1) is 5.54 Å². The van der Waals surface area contributed by atoms with Gasteiger partial charge in [0.1, 0.15) is 0 Å². The fraction of sp³-hybridized carbons (Fsp3) is 0.700. The van der Waals surface area contributed by atoms with Gasteiger partial charge in [-0.15, -0.1) is 12.3 Å². The molecule has 13 heavy (non-hydrogen) atoms. The highest BCUT2D eigenvalue weighted by molar-refractivity contribution is 5.87. The molecule has 1 saturated carbocycles. The van der Waals surface area contributed by atoms with Crippen LogP contribution in [0.4, 0.5) is 0 Å². The normalized spacial score (nSPS) is 21.0. The molecule has 0 saturated heterocycles. The first-order valence-electron chi connectivity index (χ1n) is 4.62. The number of carbonyl (C=O) groups excluding carboxylic acids is 1. The molecule has 1 aliphatic rings. The third-order valence-corrected chi connectivity index (χ3v) is 2.50. The highest BCUT2D eigenvalue weighted by atomic mass is 16.2. The third kappa shape index (κ3) is 2.22. The molecular weight excluding hydrogens is 164 g/mol. The van der Waals surface area contributed by atoms with Crippen molar-refractivity contribution in [1.29, 1.82) is 0 Å². The quantitative estimate of drug-likeness (QED) is 0.617. The largest absolute Gasteiger partial charge is 0.351 e. The molecule has 0 aromatic rings. The summed E-state index contributed by atoms with van der Waals surface area (Å²) in [6, 6.07) is 0.0264. The van der Waals surface area contributed by atoms with E-state index >= 15 is 0 Å². The number of rotatable bonds is 3. The summed E-state index contributed by atoms with van der Waals surface area (Å²) in [5, 5.41) is 2.82. The summed E-state index contributed by atoms with van der Waals surface area (Å²) in [7, 11) is 0. The standard InChI is InChI=1S/C10H16N2O/c1-3-5-8(2)12-9(13)10(11)6-4-7-10/h1,8H,4-7,11H2,2H3,(H,12,13). The molecule has 3 heteroatoms. The first-order chi connectivity index (χ1) is 6.08. The van der Waals surface area contributed by atoms with E-state index in [0.717, 1.165) is 19.3 Å². The Morgan fingerprint density at radius 2 is 2.38 bits per heavy atom. The minimum Gasteiger partial charge on any atom is -0.351 e. The molecule has 3 nitrogen and oxygen atoms in total. The van der Waals surface area contributed by atoms with Gasteiger partial charge in [0.2, 0.25) is 5.91 Å². The van der Waals surface area contributed by atoms with Crippen molar-refractivity contribution in [3.8, 4) is 12.3 Å². The van der Waals surface area contributed by atoms with E-state index in [1.165, 1.54) is 0 Å². The minimum atomic E-state index is -0.608. The first kappa shape index (κ1) is 10.1. The highest BCUT2D eigenvalue weighted by Crippen LogP contribution is 2.29. The SMILES string of the molecule is C#CCC(C)NC(=O)C1(N)CCC1. The van der Waals surface area contributed by atoms with Crippen LogP contribution in [0.25, 0.3) is 0 Å². The summed E-state index contributed by atoms with van der Waals surface area (Å²) >= 11 is 0. The first-order valence-corrected chi connectivity index (χ1v) is 4.62. The van der Waals surface area contributed by atoms with Crippen LogP contribution in [-0.4, -0.2) is 17.5 Å². The topological polar surface area (TPSA) is 55.1 Å². The lowest BCUT2D eigenvalue weighted by Gasteiger charge is -2.36. The van der Waals surface area contributed by atoms with Crippen molar-refractivity contribution in [3.05, 3.63) is 0 Å². The monoisotopic (exact) mass is 180 g/mol. The van der Waals surface area contributed by atoms with Crippen molar-refractivity contribution in [3.63, 3.8) is 0 Å². The van der Waals surface area contributed by atoms with Crippen LogP contribution in [0.3, 0.4) is 0 Å². The predicted octanol–water partition coefficient (Wildman–Crippen LogP) is 0.396. The van der Waals surface area contributed by atoms with Crippen molar-refractivity contribution in [2.24, 2.45) is 5.73 Å². The molecule has 0 aliphatic heterocycles. The number of hydrogen-bond donors (Lipinski definition) is 2. The maximum Gasteiger partial charge on any atom is 0.240 e. The second kappa shape index (κ2) is 3.80. The average Bonchev–Trinajstić information content (AvgIpc) is 2.00. The minimum absolute atomic E-state index is 0.0264. The maximum absolute atomic E-state index is 11.5. The molecule has 0 bridgehead atoms. The number of amides is 1. The summed E-state index contributed by atoms with van der Waals surface area (Å²) in [6.07, 6.45) is 8.32. The van der Waals surface area contributed by atoms with Gasteiger partial charge in [0.15, 0.2) is 0 Å². The molecule has 1 rings (SSSR count). The van der Waals surface area contributed by atoms with Crippen molar-refractivity contribution in [1.82, 2.24) is 5.32 Å². The van der Waals surface area contributed by atoms with Gasteiger partial charge in [-0.25, -0.2) is 0 Å². The fourth-order valence-electron chi connectivity index (χ4n) is 1.38. The van der Waals surface area contributed by atoms with Gasteiger partial charge < -0.3 is 11.1 Å². The van der Waals surface area contributed by atoms with Gasteiger partial charge in [-0.05, 0) is 26.2 Å². The van der Waals surface area contributed by atoms with Crippen molar-refractivity contribution < 1.29 is 4.79 Å². The van der Waals surface area contributed by atoms with Gasteiger partial charge in [-0.1, -0.05) is 0 Å². The summed E-state index contributed by atoms with van der Waals surface area (Å²) in [4.78, 5) is 11.5. The Bertz CT molecular complexity index is 238. The average molecular weight is 180 g/mol. The number of hydrogen-bond acceptors (Lipinski definition) is 2. The molecule has 0 aromatic heterocycles. The summed E-state index contributed by atoms with van der Waals surface area (Å²) < 4.78 is 0. The summed E-state index contributed by atoms with van der Waals surface area (Å²) in [5.74, 6) is 2.45. The molecular formula is C10H16N2O. The van der Waals surface area contributed by atoms with Crippen LogP contribution in [0, 0.1) is 12.3 Å². The molecule has 3 N–H and O–H groups in total. The molecule has 72 valence electrons. The Balaban J connectivity index is 2.37. The van der Waals surface area contributed by atoms with E-state index in [1.807, 2.05) is 6.92 Å². The maximum atomic E-state index is 11.5. The zero-order valence-electron chi connectivity index (χ0n) is 7.97. The smallest absolute Gasteiger partial charge is 0.240 e. The lowest BCUT2D eigenvalue weighted by Crippen LogP contribution is -2.59. The zero-order valence-corrected chi connectivity index (χ0v) is 7.97. The summed E-state index contributed by atoms with van der Waals surface area (Å²) in [5.41, 5.74) is 5.22. The fourth-order valence-corrected chi connectivity index (χ4v) is 1.38. The Labute approximate surface area is 79.1 Å². The van der Waals surface area contributed by atoms with E-state index in [2.05, 4.69) is 11.2 Å². The number of terminal acetylenes is 1. The Morgan fingerprint density at radius 3 is 2.77 bits per heavy atom. The van der Waals surface area contributed by atoms with Crippen LogP contribution in [0.2, 0.25) is 0 Å². The van der Waals surface area contributed by atoms with Crippen molar-refractivity contribution in [2.45, 2.75) is 44.2 Å². The van der Waals surface area contributed by atoms with E-state index in [1.54, 1.807) is 0 Å². The van der Waals surface area contributed by atoms with Crippen LogP contribution in [0.5, 0.6) is 0 Å². The van der Waals surface area contributed by atoms with E-state index < -0.39 is 5.54 Å². The second-order valence-corrected chi connectivity index (χ2v) is 3.79. The van der Waals surface area contributed by atoms with Crippen molar-refractivity contribution >= 4 is 5.91 Å². The molecule has 0 radical (unpaired) electrons. The van der Waals surface area contributed by atoms with Crippen LogP contribution in [-0.2, 0) is 4.79 Å². The number of carbonyl (C=O) groups is 1. The molecule has 0 aromatic carbocycles. The summed E-state index contributed by atoms with van der Waals surface area (Å²) in [6.45, 7) is 1.89. The van der Waals surface area contributed by atoms with Crippen molar-refractivity contribution in [2.75, 3.05) is 0 Å². The number of nitrogens with two attached hydrogens (primary N) is 1. The predicted molar refractivity (Wildman–Crippen MR) is 51.8 cm³/mol. The van der Waals surface area contributed by atoms with Gasteiger partial charge in [0.25, 0.3) is 0 Å². The molecule has 1 unspecified atom stereocenters. The third-order valence-electron chi connectivity index (χ3n) is 2.50. The lowest BCUT2D eigenvalue weighted by atomic mass is 9.77. The zero-order chi connectivity index (χ0) is 9.90. The molecule has 1 fully saturated rings. The van der Waals surface area contributed by atoms with Gasteiger partial charge in [-0.2, -0.15) is 0 Å². The Hall–Kier alpha value is -1.01. The molecule has 1 amide bonds. The van der Waals surface area contributed by atoms with E-state index in [4.69, 9.17) is 12.2 Å². The lowest BCUT2D eigenvalue weighted by molar-refractivity contribution is -0.129. The Kier molecular flexibility index (Phi) is 2.94. The van der Waals surface area contributed by atoms with Crippen LogP contribution >= 0.6 is 0 Å². The molecule has 0 heterocycles. The number of nitrogens with one attached hydrogen (secondary N) is 1. The van der Waals surface area contributed by atoms with Crippen LogP contribution in [0.15, 0.2) is 0 Å². The van der Waals surface area contributed by atoms with Crippen LogP contribution < -0.4 is 11.1 Å². The van der Waals surface area contributed by atoms with E-state index in [-0.39, 0.29) is 11.9 Å². The van der Waals surface area contributed by atoms with Crippen LogP contribution in [0.1, 0.15) is 32.6 Å². The Morgan fingerprint density at radius 1 is 1.77 bits per heavy atom. The van der Waals surface area contributed by atoms with Gasteiger partial charge in [0, 0.05) is 12.5 Å². The van der Waals surface area contributed by atoms with E-state index in [0.29, 0.717) is 6.42 Å². The van der Waals surface area contributed by atoms with E-state index in [9.17, 15) is 4.79 Å². The molecule has 1 atom stereocenters. The molecule has 0 spiro atoms. The van der Waals surface area contributed by atoms with Gasteiger partial charge in [-0.3, -0.25) is 4.79 Å². The molecule has 1 aliphatic carbocycles. The van der Waals surface area contributed by atoms with Gasteiger partial charge >= 0.3 is 0 Å². The second-order valence-electron chi connectivity index (χ2n) is 3.79. The highest BCUT2D eigenvalue weighted by Gasteiger charge is 2.40.